The Balaban J connectivity index is 1.52. The van der Waals surface area contributed by atoms with E-state index in [1.165, 1.54) is 16.8 Å². The number of hydrogen-bond acceptors (Lipinski definition) is 4. The molecular weight excluding hydrogens is 304 g/mol. The highest BCUT2D eigenvalue weighted by Gasteiger charge is 2.25. The number of para-hydroxylation sites is 1. The lowest BCUT2D eigenvalue weighted by molar-refractivity contribution is 0.704. The van der Waals surface area contributed by atoms with E-state index in [2.05, 4.69) is 75.1 Å². The number of benzene rings is 2. The Kier molecular flexibility index (Phi) is 3.79. The molecule has 0 saturated carbocycles. The number of rotatable bonds is 4. The van der Waals surface area contributed by atoms with Gasteiger partial charge in [-0.05, 0) is 24.6 Å². The summed E-state index contributed by atoms with van der Waals surface area (Å²) in [6.45, 7) is 4.01. The van der Waals surface area contributed by atoms with Gasteiger partial charge in [-0.1, -0.05) is 59.8 Å². The van der Waals surface area contributed by atoms with E-state index in [9.17, 15) is 0 Å². The summed E-state index contributed by atoms with van der Waals surface area (Å²) in [6, 6.07) is 19.0. The van der Waals surface area contributed by atoms with E-state index in [0.29, 0.717) is 0 Å². The predicted molar refractivity (Wildman–Crippen MR) is 94.2 cm³/mol. The van der Waals surface area contributed by atoms with Gasteiger partial charge in [-0.3, -0.25) is 4.57 Å². The number of nitrogens with zero attached hydrogens (tertiary/aromatic N) is 4. The van der Waals surface area contributed by atoms with Gasteiger partial charge in [0.25, 0.3) is 0 Å². The Morgan fingerprint density at radius 3 is 2.70 bits per heavy atom. The van der Waals surface area contributed by atoms with Gasteiger partial charge in [0.1, 0.15) is 0 Å². The van der Waals surface area contributed by atoms with Crippen LogP contribution in [0.4, 0.5) is 11.6 Å². The average molecular weight is 322 g/mol. The first-order valence-electron chi connectivity index (χ1n) is 7.75. The Morgan fingerprint density at radius 2 is 1.87 bits per heavy atom. The van der Waals surface area contributed by atoms with Gasteiger partial charge < -0.3 is 4.90 Å². The number of fused-ring (bicyclic) bond motifs is 1. The zero-order chi connectivity index (χ0) is 15.6. The maximum absolute atomic E-state index is 4.40. The molecule has 2 heterocycles. The van der Waals surface area contributed by atoms with Crippen molar-refractivity contribution >= 4 is 23.4 Å². The number of hydrogen-bond donors (Lipinski definition) is 0. The number of aromatic nitrogens is 3. The Morgan fingerprint density at radius 1 is 1.00 bits per heavy atom. The van der Waals surface area contributed by atoms with Crippen LogP contribution in [0.3, 0.4) is 0 Å². The van der Waals surface area contributed by atoms with Crippen LogP contribution in [0.15, 0.2) is 59.8 Å². The topological polar surface area (TPSA) is 34.0 Å². The molecule has 1 aliphatic rings. The third-order valence-corrected chi connectivity index (χ3v) is 5.04. The van der Waals surface area contributed by atoms with Crippen LogP contribution in [0.2, 0.25) is 0 Å². The minimum absolute atomic E-state index is 0.922. The highest BCUT2D eigenvalue weighted by Crippen LogP contribution is 2.32. The lowest BCUT2D eigenvalue weighted by Crippen LogP contribution is -2.13. The Hall–Kier alpha value is -2.27. The van der Waals surface area contributed by atoms with E-state index >= 15 is 0 Å². The smallest absolute Gasteiger partial charge is 0.232 e. The first-order chi connectivity index (χ1) is 11.3. The second-order valence-electron chi connectivity index (χ2n) is 5.70. The number of aryl methyl sites for hydroxylation is 1. The fourth-order valence-electron chi connectivity index (χ4n) is 2.89. The van der Waals surface area contributed by atoms with Crippen LogP contribution in [-0.4, -0.2) is 21.3 Å². The molecule has 116 valence electrons. The van der Waals surface area contributed by atoms with E-state index < -0.39 is 0 Å². The average Bonchev–Trinajstić information content (AvgIpc) is 3.16. The highest BCUT2D eigenvalue weighted by molar-refractivity contribution is 7.98. The van der Waals surface area contributed by atoms with Crippen LogP contribution >= 0.6 is 11.8 Å². The van der Waals surface area contributed by atoms with E-state index in [4.69, 9.17) is 0 Å². The summed E-state index contributed by atoms with van der Waals surface area (Å²) in [5.74, 6) is 1.87. The van der Waals surface area contributed by atoms with Crippen LogP contribution < -0.4 is 4.90 Å². The van der Waals surface area contributed by atoms with Gasteiger partial charge in [0.05, 0.1) is 0 Å². The highest BCUT2D eigenvalue weighted by atomic mass is 32.2. The number of thioether (sulfide) groups is 1. The van der Waals surface area contributed by atoms with Crippen LogP contribution in [0, 0.1) is 6.92 Å². The minimum atomic E-state index is 0.922. The SMILES string of the molecule is Cc1cccc(CSc2nnc3n2CCN3c2ccccc2)c1. The van der Waals surface area contributed by atoms with Gasteiger partial charge >= 0.3 is 0 Å². The molecule has 2 aromatic carbocycles. The molecule has 0 radical (unpaired) electrons. The molecule has 0 atom stereocenters. The maximum atomic E-state index is 4.40. The van der Waals surface area contributed by atoms with E-state index in [1.807, 2.05) is 6.07 Å². The lowest BCUT2D eigenvalue weighted by atomic mass is 10.2. The fourth-order valence-corrected chi connectivity index (χ4v) is 3.79. The van der Waals surface area contributed by atoms with Crippen molar-refractivity contribution < 1.29 is 0 Å². The molecule has 0 amide bonds. The standard InChI is InChI=1S/C18H18N4S/c1-14-6-5-7-15(12-14)13-23-18-20-19-17-21(10-11-22(17)18)16-8-3-2-4-9-16/h2-9,12H,10-11,13H2,1H3. The van der Waals surface area contributed by atoms with Crippen molar-refractivity contribution in [3.8, 4) is 0 Å². The summed E-state index contributed by atoms with van der Waals surface area (Å²) in [5, 5.41) is 9.79. The molecule has 4 nitrogen and oxygen atoms in total. The van der Waals surface area contributed by atoms with Gasteiger partial charge in [0.2, 0.25) is 5.95 Å². The van der Waals surface area contributed by atoms with Crippen molar-refractivity contribution in [3.05, 3.63) is 65.7 Å². The first kappa shape index (κ1) is 14.3. The third-order valence-electron chi connectivity index (χ3n) is 4.00. The zero-order valence-electron chi connectivity index (χ0n) is 13.0. The molecule has 0 saturated heterocycles. The lowest BCUT2D eigenvalue weighted by Gasteiger charge is -2.14. The van der Waals surface area contributed by atoms with Crippen LogP contribution in [-0.2, 0) is 12.3 Å². The predicted octanol–water partition coefficient (Wildman–Crippen LogP) is 4.03. The maximum Gasteiger partial charge on any atom is 0.232 e. The summed E-state index contributed by atoms with van der Waals surface area (Å²) in [6.07, 6.45) is 0. The molecule has 0 aliphatic carbocycles. The van der Waals surface area contributed by atoms with Crippen LogP contribution in [0.5, 0.6) is 0 Å². The van der Waals surface area contributed by atoms with Crippen molar-refractivity contribution in [2.24, 2.45) is 0 Å². The monoisotopic (exact) mass is 322 g/mol. The molecule has 0 spiro atoms. The van der Waals surface area contributed by atoms with Gasteiger partial charge in [0, 0.05) is 24.5 Å². The van der Waals surface area contributed by atoms with Gasteiger partial charge in [-0.15, -0.1) is 10.2 Å². The molecule has 1 aromatic heterocycles. The largest absolute Gasteiger partial charge is 0.309 e. The quantitative estimate of drug-likeness (QED) is 0.679. The second-order valence-corrected chi connectivity index (χ2v) is 6.64. The molecule has 23 heavy (non-hydrogen) atoms. The summed E-state index contributed by atoms with van der Waals surface area (Å²) in [5.41, 5.74) is 3.80. The van der Waals surface area contributed by atoms with Crippen molar-refractivity contribution in [2.45, 2.75) is 24.4 Å². The molecule has 0 fully saturated rings. The van der Waals surface area contributed by atoms with E-state index in [1.54, 1.807) is 11.8 Å². The van der Waals surface area contributed by atoms with Crippen molar-refractivity contribution in [3.63, 3.8) is 0 Å². The summed E-state index contributed by atoms with van der Waals surface area (Å²) < 4.78 is 2.22. The third kappa shape index (κ3) is 2.84. The fraction of sp³-hybridized carbons (Fsp3) is 0.222. The molecule has 1 aliphatic heterocycles. The zero-order valence-corrected chi connectivity index (χ0v) is 13.8. The van der Waals surface area contributed by atoms with Crippen LogP contribution in [0.1, 0.15) is 11.1 Å². The molecular formula is C18H18N4S. The molecule has 0 bridgehead atoms. The van der Waals surface area contributed by atoms with E-state index in [0.717, 1.165) is 29.9 Å². The molecule has 4 rings (SSSR count). The normalized spacial score (nSPS) is 13.3. The van der Waals surface area contributed by atoms with Crippen molar-refractivity contribution in [2.75, 3.05) is 11.4 Å². The van der Waals surface area contributed by atoms with Gasteiger partial charge in [-0.25, -0.2) is 0 Å². The Bertz CT molecular complexity index is 813. The van der Waals surface area contributed by atoms with Crippen molar-refractivity contribution in [1.29, 1.82) is 0 Å². The van der Waals surface area contributed by atoms with Gasteiger partial charge in [-0.2, -0.15) is 0 Å². The molecule has 0 unspecified atom stereocenters. The minimum Gasteiger partial charge on any atom is -0.309 e. The first-order valence-corrected chi connectivity index (χ1v) is 8.74. The molecule has 0 N–H and O–H groups in total. The van der Waals surface area contributed by atoms with E-state index in [-0.39, 0.29) is 0 Å². The molecule has 3 aromatic rings. The van der Waals surface area contributed by atoms with Gasteiger partial charge in [0.15, 0.2) is 5.16 Å². The Labute approximate surface area is 140 Å². The number of anilines is 2. The second kappa shape index (κ2) is 6.08. The summed E-state index contributed by atoms with van der Waals surface area (Å²) in [4.78, 5) is 2.23. The van der Waals surface area contributed by atoms with Crippen molar-refractivity contribution in [1.82, 2.24) is 14.8 Å². The molecule has 5 heteroatoms. The summed E-state index contributed by atoms with van der Waals surface area (Å²) >= 11 is 1.75. The van der Waals surface area contributed by atoms with Crippen LogP contribution in [0.25, 0.3) is 0 Å². The summed E-state index contributed by atoms with van der Waals surface area (Å²) in [7, 11) is 0.